The van der Waals surface area contributed by atoms with Crippen molar-refractivity contribution < 1.29 is 0 Å². The van der Waals surface area contributed by atoms with Crippen LogP contribution in [0.4, 0.5) is 0 Å². The zero-order valence-electron chi connectivity index (χ0n) is 10.8. The number of nitrogens with zero attached hydrogens (tertiary/aromatic N) is 2. The zero-order chi connectivity index (χ0) is 14.1. The monoisotopic (exact) mass is 345 g/mol. The summed E-state index contributed by atoms with van der Waals surface area (Å²) in [7, 11) is 0. The third-order valence-corrected chi connectivity index (χ3v) is 4.24. The number of aromatic nitrogens is 3. The molecule has 0 unspecified atom stereocenters. The van der Waals surface area contributed by atoms with E-state index >= 15 is 0 Å². The van der Waals surface area contributed by atoms with Gasteiger partial charge in [0.2, 0.25) is 0 Å². The first kappa shape index (κ1) is 13.3. The van der Waals surface area contributed by atoms with Crippen LogP contribution in [0.25, 0.3) is 17.1 Å². The molecule has 100 valence electrons. The van der Waals surface area contributed by atoms with E-state index in [9.17, 15) is 0 Å². The smallest absolute Gasteiger partial charge is 0.200 e. The van der Waals surface area contributed by atoms with Crippen LogP contribution in [-0.4, -0.2) is 14.8 Å². The van der Waals surface area contributed by atoms with Crippen LogP contribution in [0.3, 0.4) is 0 Å². The Labute approximate surface area is 130 Å². The molecule has 2 aromatic carbocycles. The van der Waals surface area contributed by atoms with Crippen LogP contribution >= 0.6 is 28.1 Å². The van der Waals surface area contributed by atoms with Gasteiger partial charge in [-0.05, 0) is 42.9 Å². The van der Waals surface area contributed by atoms with Gasteiger partial charge in [-0.1, -0.05) is 46.3 Å². The van der Waals surface area contributed by atoms with E-state index < -0.39 is 0 Å². The maximum absolute atomic E-state index is 5.35. The molecular weight excluding hydrogens is 334 g/mol. The van der Waals surface area contributed by atoms with Crippen LogP contribution in [0.2, 0.25) is 0 Å². The Morgan fingerprint density at radius 2 is 1.90 bits per heavy atom. The molecular formula is C15H12BrN3S. The van der Waals surface area contributed by atoms with Gasteiger partial charge in [-0.3, -0.25) is 9.67 Å². The molecule has 3 nitrogen and oxygen atoms in total. The first-order chi connectivity index (χ1) is 9.66. The first-order valence-corrected chi connectivity index (χ1v) is 7.36. The van der Waals surface area contributed by atoms with E-state index in [4.69, 9.17) is 12.2 Å². The predicted octanol–water partition coefficient (Wildman–Crippen LogP) is 4.67. The normalized spacial score (nSPS) is 10.7. The average molecular weight is 346 g/mol. The number of aromatic amines is 1. The Bertz CT molecular complexity index is 805. The number of halogens is 1. The Hall–Kier alpha value is -1.72. The SMILES string of the molecule is Cc1ccc(-c2n[nH]c(=S)n2-c2ccccc2)cc1Br. The molecule has 0 radical (unpaired) electrons. The van der Waals surface area contributed by atoms with Crippen LogP contribution in [0, 0.1) is 11.7 Å². The fraction of sp³-hybridized carbons (Fsp3) is 0.0667. The van der Waals surface area contributed by atoms with Gasteiger partial charge in [0.25, 0.3) is 0 Å². The second kappa shape index (κ2) is 5.34. The molecule has 1 aromatic heterocycles. The highest BCUT2D eigenvalue weighted by molar-refractivity contribution is 9.10. The summed E-state index contributed by atoms with van der Waals surface area (Å²) in [6.45, 7) is 2.06. The Morgan fingerprint density at radius 3 is 2.60 bits per heavy atom. The van der Waals surface area contributed by atoms with Crippen molar-refractivity contribution >= 4 is 28.1 Å². The number of hydrogen-bond donors (Lipinski definition) is 1. The van der Waals surface area contributed by atoms with Gasteiger partial charge < -0.3 is 0 Å². The van der Waals surface area contributed by atoms with Gasteiger partial charge in [-0.25, -0.2) is 0 Å². The molecule has 0 aliphatic heterocycles. The van der Waals surface area contributed by atoms with Gasteiger partial charge in [0.15, 0.2) is 10.6 Å². The van der Waals surface area contributed by atoms with Crippen molar-refractivity contribution in [2.45, 2.75) is 6.92 Å². The summed E-state index contributed by atoms with van der Waals surface area (Å²) < 4.78 is 3.58. The van der Waals surface area contributed by atoms with Gasteiger partial charge in [-0.15, -0.1) is 0 Å². The summed E-state index contributed by atoms with van der Waals surface area (Å²) in [6, 6.07) is 16.1. The van der Waals surface area contributed by atoms with Gasteiger partial charge in [0.05, 0.1) is 0 Å². The second-order valence-electron chi connectivity index (χ2n) is 4.49. The van der Waals surface area contributed by atoms with Crippen molar-refractivity contribution in [3.8, 4) is 17.1 Å². The molecule has 3 rings (SSSR count). The molecule has 0 aliphatic carbocycles. The van der Waals surface area contributed by atoms with Crippen LogP contribution in [0.15, 0.2) is 53.0 Å². The minimum Gasteiger partial charge on any atom is -0.268 e. The number of nitrogens with one attached hydrogen (secondary N) is 1. The third kappa shape index (κ3) is 2.34. The van der Waals surface area contributed by atoms with Gasteiger partial charge in [-0.2, -0.15) is 5.10 Å². The molecule has 5 heteroatoms. The number of H-pyrrole nitrogens is 1. The molecule has 0 amide bonds. The van der Waals surface area contributed by atoms with Crippen LogP contribution < -0.4 is 0 Å². The van der Waals surface area contributed by atoms with E-state index in [-0.39, 0.29) is 0 Å². The van der Waals surface area contributed by atoms with E-state index in [2.05, 4.69) is 45.2 Å². The number of rotatable bonds is 2. The summed E-state index contributed by atoms with van der Waals surface area (Å²) in [5.74, 6) is 0.807. The van der Waals surface area contributed by atoms with Crippen LogP contribution in [-0.2, 0) is 0 Å². The quantitative estimate of drug-likeness (QED) is 0.684. The molecule has 1 N–H and O–H groups in total. The zero-order valence-corrected chi connectivity index (χ0v) is 13.2. The second-order valence-corrected chi connectivity index (χ2v) is 5.73. The summed E-state index contributed by atoms with van der Waals surface area (Å²) in [6.07, 6.45) is 0. The lowest BCUT2D eigenvalue weighted by Gasteiger charge is -2.08. The fourth-order valence-corrected chi connectivity index (χ4v) is 2.66. The fourth-order valence-electron chi connectivity index (χ4n) is 2.04. The first-order valence-electron chi connectivity index (χ1n) is 6.16. The largest absolute Gasteiger partial charge is 0.268 e. The predicted molar refractivity (Wildman–Crippen MR) is 86.6 cm³/mol. The van der Waals surface area contributed by atoms with Crippen molar-refractivity contribution in [2.75, 3.05) is 0 Å². The van der Waals surface area contributed by atoms with Crippen molar-refractivity contribution in [2.24, 2.45) is 0 Å². The summed E-state index contributed by atoms with van der Waals surface area (Å²) in [5.41, 5.74) is 3.20. The molecule has 0 bridgehead atoms. The molecule has 0 spiro atoms. The highest BCUT2D eigenvalue weighted by Gasteiger charge is 2.11. The van der Waals surface area contributed by atoms with E-state index in [0.29, 0.717) is 4.77 Å². The standard InChI is InChI=1S/C15H12BrN3S/c1-10-7-8-11(9-13(10)16)14-17-18-15(20)19(14)12-5-3-2-4-6-12/h2-9H,1H3,(H,18,20). The van der Waals surface area contributed by atoms with Gasteiger partial charge in [0, 0.05) is 15.7 Å². The molecule has 0 fully saturated rings. The molecule has 0 aliphatic rings. The van der Waals surface area contributed by atoms with Crippen LogP contribution in [0.5, 0.6) is 0 Å². The minimum absolute atomic E-state index is 0.586. The Balaban J connectivity index is 2.21. The summed E-state index contributed by atoms with van der Waals surface area (Å²) >= 11 is 8.90. The van der Waals surface area contributed by atoms with Gasteiger partial charge in [0.1, 0.15) is 0 Å². The highest BCUT2D eigenvalue weighted by atomic mass is 79.9. The van der Waals surface area contributed by atoms with E-state index in [0.717, 1.165) is 21.5 Å². The Kier molecular flexibility index (Phi) is 3.54. The summed E-state index contributed by atoms with van der Waals surface area (Å²) in [4.78, 5) is 0. The highest BCUT2D eigenvalue weighted by Crippen LogP contribution is 2.26. The lowest BCUT2D eigenvalue weighted by Crippen LogP contribution is -1.97. The van der Waals surface area contributed by atoms with Crippen molar-refractivity contribution in [3.05, 3.63) is 63.3 Å². The minimum atomic E-state index is 0.586. The number of benzene rings is 2. The van der Waals surface area contributed by atoms with Gasteiger partial charge >= 0.3 is 0 Å². The molecule has 0 atom stereocenters. The van der Waals surface area contributed by atoms with E-state index in [1.807, 2.05) is 41.0 Å². The molecule has 0 saturated heterocycles. The maximum atomic E-state index is 5.35. The Morgan fingerprint density at radius 1 is 1.15 bits per heavy atom. The molecule has 3 aromatic rings. The molecule has 1 heterocycles. The average Bonchev–Trinajstić information content (AvgIpc) is 2.85. The third-order valence-electron chi connectivity index (χ3n) is 3.12. The molecule has 20 heavy (non-hydrogen) atoms. The van der Waals surface area contributed by atoms with Crippen molar-refractivity contribution in [3.63, 3.8) is 0 Å². The number of hydrogen-bond acceptors (Lipinski definition) is 2. The lowest BCUT2D eigenvalue weighted by atomic mass is 10.1. The van der Waals surface area contributed by atoms with E-state index in [1.165, 1.54) is 5.56 Å². The summed E-state index contributed by atoms with van der Waals surface area (Å²) in [5, 5.41) is 7.23. The van der Waals surface area contributed by atoms with Crippen LogP contribution in [0.1, 0.15) is 5.56 Å². The molecule has 0 saturated carbocycles. The van der Waals surface area contributed by atoms with Crippen molar-refractivity contribution in [1.82, 2.24) is 14.8 Å². The number of para-hydroxylation sites is 1. The topological polar surface area (TPSA) is 33.6 Å². The van der Waals surface area contributed by atoms with Crippen molar-refractivity contribution in [1.29, 1.82) is 0 Å². The number of aryl methyl sites for hydroxylation is 1. The maximum Gasteiger partial charge on any atom is 0.200 e. The van der Waals surface area contributed by atoms with E-state index in [1.54, 1.807) is 0 Å². The lowest BCUT2D eigenvalue weighted by molar-refractivity contribution is 1.04.